The third-order valence-electron chi connectivity index (χ3n) is 3.14. The van der Waals surface area contributed by atoms with Crippen LogP contribution in [0.1, 0.15) is 31.4 Å². The van der Waals surface area contributed by atoms with Gasteiger partial charge in [0.1, 0.15) is 5.82 Å². The smallest absolute Gasteiger partial charge is 0.128 e. The third-order valence-corrected chi connectivity index (χ3v) is 3.14. The molecule has 0 spiro atoms. The summed E-state index contributed by atoms with van der Waals surface area (Å²) >= 11 is 0. The molecule has 4 nitrogen and oxygen atoms in total. The molecule has 4 heteroatoms. The molecule has 1 fully saturated rings. The molecule has 0 aromatic carbocycles. The first-order chi connectivity index (χ1) is 8.16. The van der Waals surface area contributed by atoms with Gasteiger partial charge in [0.15, 0.2) is 0 Å². The van der Waals surface area contributed by atoms with E-state index in [-0.39, 0.29) is 0 Å². The van der Waals surface area contributed by atoms with Crippen molar-refractivity contribution >= 4 is 5.82 Å². The molecule has 2 heterocycles. The number of hydrogen-bond acceptors (Lipinski definition) is 4. The number of aliphatic hydroxyl groups is 1. The van der Waals surface area contributed by atoms with Crippen molar-refractivity contribution < 1.29 is 9.84 Å². The molecule has 1 unspecified atom stereocenters. The van der Waals surface area contributed by atoms with E-state index in [1.54, 1.807) is 13.1 Å². The quantitative estimate of drug-likeness (QED) is 0.865. The number of hydrogen-bond donors (Lipinski definition) is 1. The van der Waals surface area contributed by atoms with Crippen LogP contribution in [-0.2, 0) is 4.74 Å². The van der Waals surface area contributed by atoms with Crippen LogP contribution >= 0.6 is 0 Å². The zero-order valence-corrected chi connectivity index (χ0v) is 10.5. The maximum Gasteiger partial charge on any atom is 0.128 e. The van der Waals surface area contributed by atoms with Gasteiger partial charge in [-0.25, -0.2) is 4.98 Å². The molecular weight excluding hydrogens is 216 g/mol. The molecule has 2 rings (SSSR count). The molecule has 0 saturated carbocycles. The largest absolute Gasteiger partial charge is 0.389 e. The standard InChI is InChI=1S/C13H20N2O2/c1-10(16)11-5-6-14-13(8-11)15(2)9-12-4-3-7-17-12/h5-6,8,10,12,16H,3-4,7,9H2,1-2H3/t10-,12?/m0/s1. The fourth-order valence-corrected chi connectivity index (χ4v) is 2.09. The number of anilines is 1. The maximum absolute atomic E-state index is 9.54. The predicted octanol–water partition coefficient (Wildman–Crippen LogP) is 1.75. The zero-order valence-electron chi connectivity index (χ0n) is 10.5. The molecule has 1 aliphatic rings. The predicted molar refractivity (Wildman–Crippen MR) is 67.1 cm³/mol. The SMILES string of the molecule is C[C@H](O)c1ccnc(N(C)CC2CCCO2)c1. The van der Waals surface area contributed by atoms with Gasteiger partial charge in [0.25, 0.3) is 0 Å². The Morgan fingerprint density at radius 1 is 1.65 bits per heavy atom. The van der Waals surface area contributed by atoms with Crippen LogP contribution in [0.3, 0.4) is 0 Å². The molecule has 0 bridgehead atoms. The molecule has 2 atom stereocenters. The summed E-state index contributed by atoms with van der Waals surface area (Å²) in [6.45, 7) is 3.50. The second kappa shape index (κ2) is 5.47. The van der Waals surface area contributed by atoms with E-state index in [1.807, 2.05) is 19.2 Å². The summed E-state index contributed by atoms with van der Waals surface area (Å²) in [6, 6.07) is 3.77. The summed E-state index contributed by atoms with van der Waals surface area (Å²) in [6.07, 6.45) is 3.88. The normalized spacial score (nSPS) is 21.5. The molecule has 1 saturated heterocycles. The van der Waals surface area contributed by atoms with Crippen molar-refractivity contribution in [3.63, 3.8) is 0 Å². The van der Waals surface area contributed by atoms with Gasteiger partial charge in [0.2, 0.25) is 0 Å². The van der Waals surface area contributed by atoms with Gasteiger partial charge in [-0.05, 0) is 37.5 Å². The van der Waals surface area contributed by atoms with Crippen LogP contribution in [0.2, 0.25) is 0 Å². The molecular formula is C13H20N2O2. The van der Waals surface area contributed by atoms with Gasteiger partial charge in [-0.3, -0.25) is 0 Å². The Balaban J connectivity index is 2.02. The highest BCUT2D eigenvalue weighted by Gasteiger charge is 2.18. The van der Waals surface area contributed by atoms with Crippen LogP contribution < -0.4 is 4.90 Å². The van der Waals surface area contributed by atoms with Gasteiger partial charge < -0.3 is 14.7 Å². The second-order valence-electron chi connectivity index (χ2n) is 4.64. The molecule has 94 valence electrons. The molecule has 1 N–H and O–H groups in total. The second-order valence-corrected chi connectivity index (χ2v) is 4.64. The number of nitrogens with zero attached hydrogens (tertiary/aromatic N) is 2. The van der Waals surface area contributed by atoms with E-state index in [0.29, 0.717) is 6.10 Å². The van der Waals surface area contributed by atoms with Crippen molar-refractivity contribution in [3.05, 3.63) is 23.9 Å². The van der Waals surface area contributed by atoms with Crippen molar-refractivity contribution in [1.82, 2.24) is 4.98 Å². The monoisotopic (exact) mass is 236 g/mol. The Morgan fingerprint density at radius 3 is 3.12 bits per heavy atom. The Bertz CT molecular complexity index is 362. The number of rotatable bonds is 4. The topological polar surface area (TPSA) is 45.6 Å². The van der Waals surface area contributed by atoms with Crippen molar-refractivity contribution in [3.8, 4) is 0 Å². The first-order valence-corrected chi connectivity index (χ1v) is 6.13. The van der Waals surface area contributed by atoms with Crippen LogP contribution in [0, 0.1) is 0 Å². The highest BCUT2D eigenvalue weighted by atomic mass is 16.5. The Morgan fingerprint density at radius 2 is 2.47 bits per heavy atom. The molecule has 0 amide bonds. The lowest BCUT2D eigenvalue weighted by molar-refractivity contribution is 0.116. The fourth-order valence-electron chi connectivity index (χ4n) is 2.09. The minimum Gasteiger partial charge on any atom is -0.389 e. The summed E-state index contributed by atoms with van der Waals surface area (Å²) in [4.78, 5) is 6.41. The van der Waals surface area contributed by atoms with Gasteiger partial charge in [-0.1, -0.05) is 0 Å². The minimum absolute atomic E-state index is 0.317. The number of pyridine rings is 1. The number of likely N-dealkylation sites (N-methyl/N-ethyl adjacent to an activating group) is 1. The molecule has 1 aromatic rings. The average molecular weight is 236 g/mol. The third kappa shape index (κ3) is 3.17. The van der Waals surface area contributed by atoms with E-state index < -0.39 is 6.10 Å². The van der Waals surface area contributed by atoms with Crippen molar-refractivity contribution in [2.45, 2.75) is 32.0 Å². The van der Waals surface area contributed by atoms with Gasteiger partial charge in [-0.15, -0.1) is 0 Å². The molecule has 1 aromatic heterocycles. The van der Waals surface area contributed by atoms with Crippen molar-refractivity contribution in [2.24, 2.45) is 0 Å². The average Bonchev–Trinajstić information content (AvgIpc) is 2.82. The Hall–Kier alpha value is -1.13. The molecule has 0 radical (unpaired) electrons. The number of aromatic nitrogens is 1. The van der Waals surface area contributed by atoms with Crippen LogP contribution in [0.25, 0.3) is 0 Å². The number of aliphatic hydroxyl groups excluding tert-OH is 1. The highest BCUT2D eigenvalue weighted by Crippen LogP contribution is 2.19. The zero-order chi connectivity index (χ0) is 12.3. The van der Waals surface area contributed by atoms with E-state index >= 15 is 0 Å². The number of ether oxygens (including phenoxy) is 1. The van der Waals surface area contributed by atoms with Crippen LogP contribution in [0.15, 0.2) is 18.3 Å². The van der Waals surface area contributed by atoms with E-state index in [2.05, 4.69) is 9.88 Å². The highest BCUT2D eigenvalue weighted by molar-refractivity contribution is 5.40. The fraction of sp³-hybridized carbons (Fsp3) is 0.615. The minimum atomic E-state index is -0.451. The summed E-state index contributed by atoms with van der Waals surface area (Å²) in [5.74, 6) is 0.888. The maximum atomic E-state index is 9.54. The van der Waals surface area contributed by atoms with Gasteiger partial charge in [-0.2, -0.15) is 0 Å². The molecule has 1 aliphatic heterocycles. The summed E-state index contributed by atoms with van der Waals surface area (Å²) < 4.78 is 5.60. The summed E-state index contributed by atoms with van der Waals surface area (Å²) in [5, 5.41) is 9.54. The van der Waals surface area contributed by atoms with Crippen LogP contribution in [0.4, 0.5) is 5.82 Å². The Labute approximate surface area is 102 Å². The first kappa shape index (κ1) is 12.3. The lowest BCUT2D eigenvalue weighted by Gasteiger charge is -2.22. The van der Waals surface area contributed by atoms with Crippen LogP contribution in [0.5, 0.6) is 0 Å². The van der Waals surface area contributed by atoms with E-state index in [0.717, 1.165) is 37.4 Å². The molecule has 0 aliphatic carbocycles. The van der Waals surface area contributed by atoms with Crippen molar-refractivity contribution in [1.29, 1.82) is 0 Å². The van der Waals surface area contributed by atoms with Crippen LogP contribution in [-0.4, -0.2) is 36.4 Å². The van der Waals surface area contributed by atoms with Gasteiger partial charge in [0.05, 0.1) is 12.2 Å². The van der Waals surface area contributed by atoms with E-state index in [1.165, 1.54) is 0 Å². The Kier molecular flexibility index (Phi) is 3.97. The van der Waals surface area contributed by atoms with Gasteiger partial charge >= 0.3 is 0 Å². The van der Waals surface area contributed by atoms with E-state index in [9.17, 15) is 5.11 Å². The van der Waals surface area contributed by atoms with E-state index in [4.69, 9.17) is 4.74 Å². The lowest BCUT2D eigenvalue weighted by atomic mass is 10.1. The summed E-state index contributed by atoms with van der Waals surface area (Å²) in [5.41, 5.74) is 0.897. The summed E-state index contributed by atoms with van der Waals surface area (Å²) in [7, 11) is 2.01. The first-order valence-electron chi connectivity index (χ1n) is 6.13. The lowest BCUT2D eigenvalue weighted by Crippen LogP contribution is -2.29. The van der Waals surface area contributed by atoms with Gasteiger partial charge in [0, 0.05) is 26.4 Å². The molecule has 17 heavy (non-hydrogen) atoms. The van der Waals surface area contributed by atoms with Crippen molar-refractivity contribution in [2.75, 3.05) is 25.1 Å².